The number of hydrogen-bond acceptors (Lipinski definition) is 3. The fourth-order valence-corrected chi connectivity index (χ4v) is 2.19. The third-order valence-electron chi connectivity index (χ3n) is 2.63. The van der Waals surface area contributed by atoms with Crippen molar-refractivity contribution in [2.75, 3.05) is 5.73 Å². The van der Waals surface area contributed by atoms with E-state index in [1.54, 1.807) is 6.26 Å². The highest BCUT2D eigenvalue weighted by molar-refractivity contribution is 9.10. The molecule has 0 fully saturated rings. The summed E-state index contributed by atoms with van der Waals surface area (Å²) in [6.07, 6.45) is 1.65. The molecule has 2 aromatic heterocycles. The van der Waals surface area contributed by atoms with Crippen LogP contribution in [-0.4, -0.2) is 9.55 Å². The van der Waals surface area contributed by atoms with E-state index in [9.17, 15) is 0 Å². The first-order valence-corrected chi connectivity index (χ1v) is 5.97. The smallest absolute Gasteiger partial charge is 0.201 e. The Balaban J connectivity index is 2.14. The van der Waals surface area contributed by atoms with E-state index in [4.69, 9.17) is 10.2 Å². The largest absolute Gasteiger partial charge is 0.467 e. The number of furan rings is 1. The Kier molecular flexibility index (Phi) is 2.40. The van der Waals surface area contributed by atoms with Crippen LogP contribution in [0.1, 0.15) is 5.76 Å². The highest BCUT2D eigenvalue weighted by Gasteiger charge is 2.09. The first-order valence-electron chi connectivity index (χ1n) is 5.18. The molecule has 0 saturated heterocycles. The van der Waals surface area contributed by atoms with E-state index in [1.165, 1.54) is 0 Å². The summed E-state index contributed by atoms with van der Waals surface area (Å²) in [6, 6.07) is 9.67. The summed E-state index contributed by atoms with van der Waals surface area (Å²) in [4.78, 5) is 4.31. The van der Waals surface area contributed by atoms with Gasteiger partial charge in [0.15, 0.2) is 0 Å². The van der Waals surface area contributed by atoms with E-state index in [-0.39, 0.29) is 0 Å². The Morgan fingerprint density at radius 2 is 2.24 bits per heavy atom. The lowest BCUT2D eigenvalue weighted by Crippen LogP contribution is -2.03. The van der Waals surface area contributed by atoms with Gasteiger partial charge in [-0.3, -0.25) is 0 Å². The molecule has 0 radical (unpaired) electrons. The molecule has 5 heteroatoms. The minimum absolute atomic E-state index is 0.495. The molecule has 0 spiro atoms. The van der Waals surface area contributed by atoms with Crippen LogP contribution in [0, 0.1) is 0 Å². The molecule has 2 heterocycles. The number of anilines is 1. The number of rotatable bonds is 2. The number of halogens is 1. The zero-order chi connectivity index (χ0) is 11.8. The number of imidazole rings is 1. The molecule has 86 valence electrons. The van der Waals surface area contributed by atoms with Crippen molar-refractivity contribution in [3.05, 3.63) is 46.8 Å². The van der Waals surface area contributed by atoms with Crippen molar-refractivity contribution in [3.63, 3.8) is 0 Å². The monoisotopic (exact) mass is 291 g/mol. The van der Waals surface area contributed by atoms with E-state index in [1.807, 2.05) is 34.9 Å². The van der Waals surface area contributed by atoms with Crippen molar-refractivity contribution < 1.29 is 4.42 Å². The molecule has 0 unspecified atom stereocenters. The molecule has 0 aliphatic carbocycles. The normalized spacial score (nSPS) is 11.1. The van der Waals surface area contributed by atoms with Crippen molar-refractivity contribution in [3.8, 4) is 0 Å². The zero-order valence-corrected chi connectivity index (χ0v) is 10.5. The molecule has 0 saturated carbocycles. The molecule has 3 aromatic rings. The van der Waals surface area contributed by atoms with Gasteiger partial charge in [0, 0.05) is 4.47 Å². The summed E-state index contributed by atoms with van der Waals surface area (Å²) in [5.41, 5.74) is 7.79. The van der Waals surface area contributed by atoms with Gasteiger partial charge >= 0.3 is 0 Å². The summed E-state index contributed by atoms with van der Waals surface area (Å²) in [6.45, 7) is 0.589. The molecule has 0 aliphatic heterocycles. The number of nitrogen functional groups attached to an aromatic ring is 1. The molecule has 0 atom stereocenters. The van der Waals surface area contributed by atoms with Gasteiger partial charge in [0.25, 0.3) is 0 Å². The van der Waals surface area contributed by atoms with Gasteiger partial charge < -0.3 is 14.7 Å². The summed E-state index contributed by atoms with van der Waals surface area (Å²) < 4.78 is 8.26. The quantitative estimate of drug-likeness (QED) is 0.790. The highest BCUT2D eigenvalue weighted by Crippen LogP contribution is 2.23. The van der Waals surface area contributed by atoms with Gasteiger partial charge in [-0.2, -0.15) is 0 Å². The highest BCUT2D eigenvalue weighted by atomic mass is 79.9. The minimum atomic E-state index is 0.495. The summed E-state index contributed by atoms with van der Waals surface area (Å²) >= 11 is 3.45. The van der Waals surface area contributed by atoms with Gasteiger partial charge in [-0.1, -0.05) is 15.9 Å². The van der Waals surface area contributed by atoms with Crippen LogP contribution in [0.15, 0.2) is 45.5 Å². The second-order valence-electron chi connectivity index (χ2n) is 3.77. The molecule has 2 N–H and O–H groups in total. The van der Waals surface area contributed by atoms with E-state index in [0.717, 1.165) is 21.3 Å². The van der Waals surface area contributed by atoms with Crippen molar-refractivity contribution in [1.29, 1.82) is 0 Å². The second-order valence-corrected chi connectivity index (χ2v) is 4.68. The van der Waals surface area contributed by atoms with Gasteiger partial charge in [0.2, 0.25) is 5.95 Å². The van der Waals surface area contributed by atoms with Crippen molar-refractivity contribution in [2.24, 2.45) is 0 Å². The molecule has 0 bridgehead atoms. The summed E-state index contributed by atoms with van der Waals surface area (Å²) in [5, 5.41) is 0. The van der Waals surface area contributed by atoms with Crippen LogP contribution < -0.4 is 5.73 Å². The molecule has 4 nitrogen and oxygen atoms in total. The van der Waals surface area contributed by atoms with Gasteiger partial charge in [0.1, 0.15) is 5.76 Å². The third kappa shape index (κ3) is 1.82. The van der Waals surface area contributed by atoms with Crippen molar-refractivity contribution >= 4 is 32.9 Å². The topological polar surface area (TPSA) is 57.0 Å². The van der Waals surface area contributed by atoms with Gasteiger partial charge in [0.05, 0.1) is 23.8 Å². The zero-order valence-electron chi connectivity index (χ0n) is 8.93. The molecule has 0 amide bonds. The van der Waals surface area contributed by atoms with Crippen molar-refractivity contribution in [1.82, 2.24) is 9.55 Å². The van der Waals surface area contributed by atoms with E-state index in [0.29, 0.717) is 12.5 Å². The van der Waals surface area contributed by atoms with Crippen LogP contribution in [0.2, 0.25) is 0 Å². The predicted octanol–water partition coefficient (Wildman–Crippen LogP) is 3.02. The molecule has 17 heavy (non-hydrogen) atoms. The van der Waals surface area contributed by atoms with E-state index in [2.05, 4.69) is 20.9 Å². The first kappa shape index (κ1) is 10.4. The lowest BCUT2D eigenvalue weighted by atomic mass is 10.3. The maximum absolute atomic E-state index is 5.91. The lowest BCUT2D eigenvalue weighted by molar-refractivity contribution is 0.497. The maximum Gasteiger partial charge on any atom is 0.201 e. The Morgan fingerprint density at radius 1 is 1.35 bits per heavy atom. The Bertz CT molecular complexity index is 658. The fourth-order valence-electron chi connectivity index (χ4n) is 1.84. The lowest BCUT2D eigenvalue weighted by Gasteiger charge is -2.03. The summed E-state index contributed by atoms with van der Waals surface area (Å²) in [7, 11) is 0. The van der Waals surface area contributed by atoms with Crippen LogP contribution in [0.25, 0.3) is 11.0 Å². The van der Waals surface area contributed by atoms with Crippen LogP contribution in [0.4, 0.5) is 5.95 Å². The molecule has 3 rings (SSSR count). The van der Waals surface area contributed by atoms with Crippen LogP contribution in [0.3, 0.4) is 0 Å². The second kappa shape index (κ2) is 3.92. The molecule has 0 aliphatic rings. The maximum atomic E-state index is 5.91. The number of hydrogen-bond donors (Lipinski definition) is 1. The number of benzene rings is 1. The minimum Gasteiger partial charge on any atom is -0.467 e. The van der Waals surface area contributed by atoms with E-state index >= 15 is 0 Å². The summed E-state index contributed by atoms with van der Waals surface area (Å²) in [5.74, 6) is 1.35. The average molecular weight is 292 g/mol. The SMILES string of the molecule is Nc1nc2ccc(Br)cc2n1Cc1ccco1. The molecule has 1 aromatic carbocycles. The number of aromatic nitrogens is 2. The van der Waals surface area contributed by atoms with Gasteiger partial charge in [-0.15, -0.1) is 0 Å². The number of nitrogens with zero attached hydrogens (tertiary/aromatic N) is 2. The average Bonchev–Trinajstić information content (AvgIpc) is 2.90. The van der Waals surface area contributed by atoms with Crippen LogP contribution in [0.5, 0.6) is 0 Å². The Hall–Kier alpha value is -1.75. The first-order chi connectivity index (χ1) is 8.24. The third-order valence-corrected chi connectivity index (χ3v) is 3.13. The predicted molar refractivity (Wildman–Crippen MR) is 69.7 cm³/mol. The van der Waals surface area contributed by atoms with E-state index < -0.39 is 0 Å². The number of nitrogens with two attached hydrogens (primary N) is 1. The fraction of sp³-hybridized carbons (Fsp3) is 0.0833. The Labute approximate surface area is 106 Å². The van der Waals surface area contributed by atoms with Crippen LogP contribution in [-0.2, 0) is 6.54 Å². The van der Waals surface area contributed by atoms with Gasteiger partial charge in [-0.25, -0.2) is 4.98 Å². The Morgan fingerprint density at radius 3 is 3.00 bits per heavy atom. The standard InChI is InChI=1S/C12H10BrN3O/c13-8-3-4-10-11(6-8)16(12(14)15-10)7-9-2-1-5-17-9/h1-6H,7H2,(H2,14,15). The van der Waals surface area contributed by atoms with Crippen molar-refractivity contribution in [2.45, 2.75) is 6.54 Å². The van der Waals surface area contributed by atoms with Gasteiger partial charge in [-0.05, 0) is 30.3 Å². The number of fused-ring (bicyclic) bond motifs is 1. The molecular formula is C12H10BrN3O. The molecular weight excluding hydrogens is 282 g/mol. The van der Waals surface area contributed by atoms with Crippen LogP contribution >= 0.6 is 15.9 Å².